The quantitative estimate of drug-likeness (QED) is 0.892. The summed E-state index contributed by atoms with van der Waals surface area (Å²) in [5.74, 6) is -0.163. The van der Waals surface area contributed by atoms with Crippen LogP contribution in [0.1, 0.15) is 19.8 Å². The molecule has 2 rings (SSSR count). The van der Waals surface area contributed by atoms with Crippen LogP contribution in [-0.2, 0) is 14.8 Å². The van der Waals surface area contributed by atoms with Gasteiger partial charge < -0.3 is 5.32 Å². The normalized spacial score (nSPS) is 17.4. The second-order valence-electron chi connectivity index (χ2n) is 5.12. The number of carbonyl (C=O) groups is 1. The standard InChI is InChI=1S/C14H18Cl2N2O3S/c1-2-17-14(19)10-6-8-18(9-7-10)22(20,21)13-11(15)4-3-5-12(13)16/h3-5,10H,2,6-9H2,1H3,(H,17,19). The number of hydrogen-bond acceptors (Lipinski definition) is 3. The highest BCUT2D eigenvalue weighted by atomic mass is 35.5. The van der Waals surface area contributed by atoms with Gasteiger partial charge in [-0.3, -0.25) is 4.79 Å². The lowest BCUT2D eigenvalue weighted by Crippen LogP contribution is -2.43. The van der Waals surface area contributed by atoms with Crippen LogP contribution in [0, 0.1) is 5.92 Å². The summed E-state index contributed by atoms with van der Waals surface area (Å²) in [4.78, 5) is 11.8. The molecule has 8 heteroatoms. The van der Waals surface area contributed by atoms with Crippen molar-refractivity contribution in [1.82, 2.24) is 9.62 Å². The first-order valence-corrected chi connectivity index (χ1v) is 9.29. The smallest absolute Gasteiger partial charge is 0.246 e. The van der Waals surface area contributed by atoms with Crippen molar-refractivity contribution in [2.75, 3.05) is 19.6 Å². The van der Waals surface area contributed by atoms with Gasteiger partial charge in [0.1, 0.15) is 4.90 Å². The van der Waals surface area contributed by atoms with Crippen LogP contribution >= 0.6 is 23.2 Å². The van der Waals surface area contributed by atoms with Crippen LogP contribution in [0.25, 0.3) is 0 Å². The van der Waals surface area contributed by atoms with Gasteiger partial charge in [-0.2, -0.15) is 4.31 Å². The third-order valence-corrected chi connectivity index (χ3v) is 6.55. The minimum atomic E-state index is -3.75. The zero-order chi connectivity index (χ0) is 16.3. The summed E-state index contributed by atoms with van der Waals surface area (Å²) in [7, 11) is -3.75. The molecule has 1 saturated heterocycles. The van der Waals surface area contributed by atoms with Gasteiger partial charge in [-0.15, -0.1) is 0 Å². The molecular formula is C14H18Cl2N2O3S. The van der Waals surface area contributed by atoms with E-state index >= 15 is 0 Å². The molecule has 0 unspecified atom stereocenters. The fraction of sp³-hybridized carbons (Fsp3) is 0.500. The summed E-state index contributed by atoms with van der Waals surface area (Å²) < 4.78 is 26.7. The van der Waals surface area contributed by atoms with E-state index in [0.29, 0.717) is 19.4 Å². The Morgan fingerprint density at radius 2 is 1.82 bits per heavy atom. The Morgan fingerprint density at radius 1 is 1.27 bits per heavy atom. The topological polar surface area (TPSA) is 66.5 Å². The number of nitrogens with one attached hydrogen (secondary N) is 1. The van der Waals surface area contributed by atoms with Gasteiger partial charge in [0.2, 0.25) is 15.9 Å². The minimum absolute atomic E-state index is 0.0182. The molecule has 0 spiro atoms. The van der Waals surface area contributed by atoms with Crippen LogP contribution in [0.15, 0.2) is 23.1 Å². The van der Waals surface area contributed by atoms with E-state index in [1.54, 1.807) is 6.07 Å². The molecule has 1 aliphatic rings. The molecule has 1 fully saturated rings. The predicted molar refractivity (Wildman–Crippen MR) is 86.6 cm³/mol. The third-order valence-electron chi connectivity index (χ3n) is 3.69. The van der Waals surface area contributed by atoms with Gasteiger partial charge in [-0.25, -0.2) is 8.42 Å². The number of hydrogen-bond donors (Lipinski definition) is 1. The zero-order valence-corrected chi connectivity index (χ0v) is 14.5. The predicted octanol–water partition coefficient (Wildman–Crippen LogP) is 2.53. The van der Waals surface area contributed by atoms with E-state index in [-0.39, 0.29) is 39.9 Å². The number of benzene rings is 1. The lowest BCUT2D eigenvalue weighted by Gasteiger charge is -2.30. The highest BCUT2D eigenvalue weighted by Crippen LogP contribution is 2.33. The van der Waals surface area contributed by atoms with Crippen molar-refractivity contribution >= 4 is 39.1 Å². The lowest BCUT2D eigenvalue weighted by molar-refractivity contribution is -0.126. The van der Waals surface area contributed by atoms with Crippen molar-refractivity contribution in [3.05, 3.63) is 28.2 Å². The molecular weight excluding hydrogens is 347 g/mol. The number of sulfonamides is 1. The van der Waals surface area contributed by atoms with E-state index in [2.05, 4.69) is 5.32 Å². The molecule has 1 aliphatic heterocycles. The van der Waals surface area contributed by atoms with Crippen LogP contribution in [-0.4, -0.2) is 38.3 Å². The van der Waals surface area contributed by atoms with E-state index in [4.69, 9.17) is 23.2 Å². The SMILES string of the molecule is CCNC(=O)C1CCN(S(=O)(=O)c2c(Cl)cccc2Cl)CC1. The van der Waals surface area contributed by atoms with Crippen molar-refractivity contribution in [1.29, 1.82) is 0 Å². The Labute approximate surface area is 140 Å². The summed E-state index contributed by atoms with van der Waals surface area (Å²) in [5, 5.41) is 2.99. The first kappa shape index (κ1) is 17.5. The van der Waals surface area contributed by atoms with Crippen molar-refractivity contribution in [3.8, 4) is 0 Å². The second kappa shape index (κ2) is 7.17. The maximum Gasteiger partial charge on any atom is 0.246 e. The molecule has 1 heterocycles. The molecule has 1 aromatic carbocycles. The summed E-state index contributed by atoms with van der Waals surface area (Å²) in [6.07, 6.45) is 0.986. The highest BCUT2D eigenvalue weighted by Gasteiger charge is 2.34. The Kier molecular flexibility index (Phi) is 5.71. The zero-order valence-electron chi connectivity index (χ0n) is 12.2. The van der Waals surface area contributed by atoms with Gasteiger partial charge in [0.05, 0.1) is 10.0 Å². The largest absolute Gasteiger partial charge is 0.356 e. The highest BCUT2D eigenvalue weighted by molar-refractivity contribution is 7.89. The molecule has 1 N–H and O–H groups in total. The van der Waals surface area contributed by atoms with E-state index in [1.807, 2.05) is 6.92 Å². The van der Waals surface area contributed by atoms with Crippen molar-refractivity contribution in [3.63, 3.8) is 0 Å². The van der Waals surface area contributed by atoms with Crippen LogP contribution in [0.5, 0.6) is 0 Å². The van der Waals surface area contributed by atoms with Gasteiger partial charge in [-0.1, -0.05) is 29.3 Å². The van der Waals surface area contributed by atoms with Crippen molar-refractivity contribution in [2.45, 2.75) is 24.7 Å². The number of piperidine rings is 1. The molecule has 0 bridgehead atoms. The maximum absolute atomic E-state index is 12.7. The van der Waals surface area contributed by atoms with Crippen LogP contribution < -0.4 is 5.32 Å². The van der Waals surface area contributed by atoms with Crippen molar-refractivity contribution < 1.29 is 13.2 Å². The van der Waals surface area contributed by atoms with Gasteiger partial charge in [0.25, 0.3) is 0 Å². The minimum Gasteiger partial charge on any atom is -0.356 e. The average Bonchev–Trinajstić information content (AvgIpc) is 2.47. The molecule has 1 aromatic rings. The molecule has 22 heavy (non-hydrogen) atoms. The summed E-state index contributed by atoms with van der Waals surface area (Å²) in [5.41, 5.74) is 0. The number of amides is 1. The Bertz CT molecular complexity index is 636. The summed E-state index contributed by atoms with van der Waals surface area (Å²) in [6.45, 7) is 3.00. The number of halogens is 2. The van der Waals surface area contributed by atoms with Gasteiger partial charge in [0, 0.05) is 25.6 Å². The molecule has 122 valence electrons. The molecule has 0 aliphatic carbocycles. The Balaban J connectivity index is 2.15. The van der Waals surface area contributed by atoms with E-state index in [0.717, 1.165) is 0 Å². The second-order valence-corrected chi connectivity index (χ2v) is 7.81. The van der Waals surface area contributed by atoms with E-state index in [1.165, 1.54) is 16.4 Å². The molecule has 5 nitrogen and oxygen atoms in total. The number of carbonyl (C=O) groups excluding carboxylic acids is 1. The molecule has 0 aromatic heterocycles. The van der Waals surface area contributed by atoms with Gasteiger partial charge >= 0.3 is 0 Å². The van der Waals surface area contributed by atoms with Crippen LogP contribution in [0.2, 0.25) is 10.0 Å². The molecule has 0 saturated carbocycles. The third kappa shape index (κ3) is 3.56. The van der Waals surface area contributed by atoms with Gasteiger partial charge in [0.15, 0.2) is 0 Å². The summed E-state index contributed by atoms with van der Waals surface area (Å²) in [6, 6.07) is 4.61. The van der Waals surface area contributed by atoms with Gasteiger partial charge in [-0.05, 0) is 31.9 Å². The first-order valence-electron chi connectivity index (χ1n) is 7.09. The number of rotatable bonds is 4. The van der Waals surface area contributed by atoms with E-state index < -0.39 is 10.0 Å². The monoisotopic (exact) mass is 364 g/mol. The molecule has 0 atom stereocenters. The molecule has 0 radical (unpaired) electrons. The molecule has 1 amide bonds. The van der Waals surface area contributed by atoms with Crippen LogP contribution in [0.4, 0.5) is 0 Å². The average molecular weight is 365 g/mol. The summed E-state index contributed by atoms with van der Waals surface area (Å²) >= 11 is 12.0. The lowest BCUT2D eigenvalue weighted by atomic mass is 9.97. The van der Waals surface area contributed by atoms with Crippen LogP contribution in [0.3, 0.4) is 0 Å². The van der Waals surface area contributed by atoms with E-state index in [9.17, 15) is 13.2 Å². The number of nitrogens with zero attached hydrogens (tertiary/aromatic N) is 1. The fourth-order valence-electron chi connectivity index (χ4n) is 2.53. The fourth-order valence-corrected chi connectivity index (χ4v) is 5.10. The van der Waals surface area contributed by atoms with Crippen molar-refractivity contribution in [2.24, 2.45) is 5.92 Å². The maximum atomic E-state index is 12.7. The Morgan fingerprint density at radius 3 is 2.32 bits per heavy atom. The first-order chi connectivity index (χ1) is 10.4. The Hall–Kier alpha value is -0.820.